The highest BCUT2D eigenvalue weighted by atomic mass is 16.6. The van der Waals surface area contributed by atoms with Gasteiger partial charge < -0.3 is 9.47 Å². The van der Waals surface area contributed by atoms with E-state index >= 15 is 0 Å². The summed E-state index contributed by atoms with van der Waals surface area (Å²) in [7, 11) is 0. The molecule has 1 amide bonds. The van der Waals surface area contributed by atoms with Crippen LogP contribution in [-0.4, -0.2) is 46.6 Å². The van der Waals surface area contributed by atoms with Gasteiger partial charge in [0.05, 0.1) is 25.3 Å². The van der Waals surface area contributed by atoms with E-state index in [0.29, 0.717) is 19.6 Å². The van der Waals surface area contributed by atoms with Crippen molar-refractivity contribution < 1.29 is 18.9 Å². The van der Waals surface area contributed by atoms with Crippen LogP contribution in [0, 0.1) is 0 Å². The molecule has 0 saturated carbocycles. The van der Waals surface area contributed by atoms with Crippen LogP contribution in [0.4, 0.5) is 4.79 Å². The molecule has 0 N–H and O–H groups in total. The molecule has 5 rings (SSSR count). The molecule has 1 saturated heterocycles. The highest BCUT2D eigenvalue weighted by Crippen LogP contribution is 2.33. The Morgan fingerprint density at radius 3 is 2.82 bits per heavy atom. The van der Waals surface area contributed by atoms with Gasteiger partial charge in [0, 0.05) is 0 Å². The fourth-order valence-electron chi connectivity index (χ4n) is 3.87. The van der Waals surface area contributed by atoms with Gasteiger partial charge in [0.2, 0.25) is 0 Å². The standard InChI is InChI=1S/C21H19N3O4/c25-21(27-11-14-4-2-1-3-5-14)24-17-8-16(9-18(24)13-26-12-17)15-6-7-19-20(10-15)23-28-22-19/h1-8,10,17-18H,9,11-13H2. The monoisotopic (exact) mass is 377 g/mol. The first kappa shape index (κ1) is 16.9. The van der Waals surface area contributed by atoms with Gasteiger partial charge in [0.1, 0.15) is 17.6 Å². The summed E-state index contributed by atoms with van der Waals surface area (Å²) in [6.07, 6.45) is 2.50. The Labute approximate surface area is 161 Å². The molecule has 0 aliphatic carbocycles. The minimum Gasteiger partial charge on any atom is -0.445 e. The van der Waals surface area contributed by atoms with Crippen molar-refractivity contribution in [3.63, 3.8) is 0 Å². The highest BCUT2D eigenvalue weighted by Gasteiger charge is 2.39. The van der Waals surface area contributed by atoms with Crippen LogP contribution in [0.2, 0.25) is 0 Å². The van der Waals surface area contributed by atoms with E-state index in [1.807, 2.05) is 53.4 Å². The maximum Gasteiger partial charge on any atom is 0.411 e. The predicted octanol–water partition coefficient (Wildman–Crippen LogP) is 3.42. The van der Waals surface area contributed by atoms with Crippen molar-refractivity contribution in [2.75, 3.05) is 13.2 Å². The third kappa shape index (κ3) is 3.14. The summed E-state index contributed by atoms with van der Waals surface area (Å²) >= 11 is 0. The van der Waals surface area contributed by atoms with Crippen LogP contribution < -0.4 is 0 Å². The molecule has 142 valence electrons. The molecular formula is C21H19N3O4. The molecule has 0 radical (unpaired) electrons. The Hall–Kier alpha value is -3.19. The number of benzene rings is 2. The number of morpholine rings is 1. The van der Waals surface area contributed by atoms with Gasteiger partial charge in [-0.15, -0.1) is 0 Å². The predicted molar refractivity (Wildman–Crippen MR) is 101 cm³/mol. The summed E-state index contributed by atoms with van der Waals surface area (Å²) < 4.78 is 16.0. The molecule has 7 nitrogen and oxygen atoms in total. The van der Waals surface area contributed by atoms with Crippen LogP contribution in [-0.2, 0) is 16.1 Å². The number of carbonyl (C=O) groups is 1. The van der Waals surface area contributed by atoms with E-state index in [0.717, 1.165) is 22.2 Å². The summed E-state index contributed by atoms with van der Waals surface area (Å²) in [5.41, 5.74) is 4.67. The first-order valence-electron chi connectivity index (χ1n) is 9.28. The lowest BCUT2D eigenvalue weighted by atomic mass is 9.90. The van der Waals surface area contributed by atoms with Crippen LogP contribution in [0.25, 0.3) is 16.6 Å². The molecule has 0 spiro atoms. The van der Waals surface area contributed by atoms with E-state index in [4.69, 9.17) is 14.1 Å². The molecule has 7 heteroatoms. The van der Waals surface area contributed by atoms with Crippen molar-refractivity contribution in [3.8, 4) is 0 Å². The molecule has 2 aliphatic heterocycles. The summed E-state index contributed by atoms with van der Waals surface area (Å²) in [6.45, 7) is 1.24. The van der Waals surface area contributed by atoms with E-state index < -0.39 is 0 Å². The van der Waals surface area contributed by atoms with Gasteiger partial charge >= 0.3 is 6.09 Å². The second kappa shape index (κ2) is 7.09. The fraction of sp³-hybridized carbons (Fsp3) is 0.286. The number of amides is 1. The van der Waals surface area contributed by atoms with Crippen molar-refractivity contribution in [3.05, 3.63) is 65.7 Å². The minimum atomic E-state index is -0.298. The second-order valence-corrected chi connectivity index (χ2v) is 7.07. The third-order valence-corrected chi connectivity index (χ3v) is 5.24. The number of nitrogens with zero attached hydrogens (tertiary/aromatic N) is 3. The zero-order valence-electron chi connectivity index (χ0n) is 15.2. The zero-order chi connectivity index (χ0) is 18.9. The average Bonchev–Trinajstić information content (AvgIpc) is 3.19. The van der Waals surface area contributed by atoms with Crippen LogP contribution >= 0.6 is 0 Å². The van der Waals surface area contributed by atoms with Crippen molar-refractivity contribution in [2.24, 2.45) is 0 Å². The molecule has 1 aromatic heterocycles. The number of hydrogen-bond acceptors (Lipinski definition) is 6. The molecule has 2 atom stereocenters. The van der Waals surface area contributed by atoms with Gasteiger partial charge in [-0.3, -0.25) is 4.90 Å². The molecule has 3 aromatic rings. The normalized spacial score (nSPS) is 21.4. The zero-order valence-corrected chi connectivity index (χ0v) is 15.2. The Balaban J connectivity index is 1.36. The van der Waals surface area contributed by atoms with Crippen LogP contribution in [0.15, 0.2) is 59.2 Å². The van der Waals surface area contributed by atoms with Crippen molar-refractivity contribution in [2.45, 2.75) is 25.1 Å². The topological polar surface area (TPSA) is 77.7 Å². The maximum atomic E-state index is 12.8. The van der Waals surface area contributed by atoms with Crippen molar-refractivity contribution in [1.82, 2.24) is 15.2 Å². The quantitative estimate of drug-likeness (QED) is 0.696. The van der Waals surface area contributed by atoms with Gasteiger partial charge in [-0.2, -0.15) is 0 Å². The van der Waals surface area contributed by atoms with Gasteiger partial charge in [-0.1, -0.05) is 42.5 Å². The summed E-state index contributed by atoms with van der Waals surface area (Å²) in [5.74, 6) is 0. The lowest BCUT2D eigenvalue weighted by Gasteiger charge is -2.43. The lowest BCUT2D eigenvalue weighted by Crippen LogP contribution is -2.56. The van der Waals surface area contributed by atoms with Gasteiger partial charge in [0.15, 0.2) is 0 Å². The summed E-state index contributed by atoms with van der Waals surface area (Å²) in [6, 6.07) is 15.4. The fourth-order valence-corrected chi connectivity index (χ4v) is 3.87. The van der Waals surface area contributed by atoms with E-state index in [9.17, 15) is 4.79 Å². The van der Waals surface area contributed by atoms with Gasteiger partial charge in [-0.25, -0.2) is 9.42 Å². The number of ether oxygens (including phenoxy) is 2. The van der Waals surface area contributed by atoms with E-state index in [1.165, 1.54) is 5.57 Å². The third-order valence-electron chi connectivity index (χ3n) is 5.24. The molecular weight excluding hydrogens is 358 g/mol. The number of fused-ring (bicyclic) bond motifs is 3. The Kier molecular flexibility index (Phi) is 4.29. The Bertz CT molecular complexity index is 1030. The maximum absolute atomic E-state index is 12.8. The van der Waals surface area contributed by atoms with Gasteiger partial charge in [0.25, 0.3) is 0 Å². The SMILES string of the molecule is O=C(OCc1ccccc1)N1C2C=C(c3ccc4nonc4c3)CC1COC2. The number of hydrogen-bond donors (Lipinski definition) is 0. The molecule has 2 aliphatic rings. The number of carbonyl (C=O) groups excluding carboxylic acids is 1. The minimum absolute atomic E-state index is 0.0480. The summed E-state index contributed by atoms with van der Waals surface area (Å²) in [4.78, 5) is 14.6. The smallest absolute Gasteiger partial charge is 0.411 e. The molecule has 28 heavy (non-hydrogen) atoms. The van der Waals surface area contributed by atoms with Crippen LogP contribution in [0.1, 0.15) is 17.5 Å². The largest absolute Gasteiger partial charge is 0.445 e. The molecule has 2 bridgehead atoms. The van der Waals surface area contributed by atoms with Crippen molar-refractivity contribution in [1.29, 1.82) is 0 Å². The first-order chi connectivity index (χ1) is 13.8. The second-order valence-electron chi connectivity index (χ2n) is 7.07. The molecule has 2 aromatic carbocycles. The number of aromatic nitrogens is 2. The van der Waals surface area contributed by atoms with Crippen LogP contribution in [0.5, 0.6) is 0 Å². The molecule has 1 fully saturated rings. The highest BCUT2D eigenvalue weighted by molar-refractivity contribution is 5.81. The Morgan fingerprint density at radius 1 is 1.11 bits per heavy atom. The average molecular weight is 377 g/mol. The Morgan fingerprint density at radius 2 is 1.96 bits per heavy atom. The lowest BCUT2D eigenvalue weighted by molar-refractivity contribution is -0.0342. The van der Waals surface area contributed by atoms with E-state index in [1.54, 1.807) is 0 Å². The van der Waals surface area contributed by atoms with E-state index in [-0.39, 0.29) is 24.8 Å². The van der Waals surface area contributed by atoms with Crippen molar-refractivity contribution >= 4 is 22.7 Å². The summed E-state index contributed by atoms with van der Waals surface area (Å²) in [5, 5.41) is 7.77. The molecule has 3 heterocycles. The van der Waals surface area contributed by atoms with E-state index in [2.05, 4.69) is 16.4 Å². The molecule has 2 unspecified atom stereocenters. The van der Waals surface area contributed by atoms with Gasteiger partial charge in [-0.05, 0) is 45.6 Å². The number of rotatable bonds is 3. The first-order valence-corrected chi connectivity index (χ1v) is 9.28. The van der Waals surface area contributed by atoms with Crippen LogP contribution in [0.3, 0.4) is 0 Å².